The molecular formula is C39H28N4O5. The first-order valence-corrected chi connectivity index (χ1v) is 15.0. The molecule has 0 spiro atoms. The summed E-state index contributed by atoms with van der Waals surface area (Å²) in [4.78, 5) is 5.38. The lowest BCUT2D eigenvalue weighted by atomic mass is 9.68. The van der Waals surface area contributed by atoms with Gasteiger partial charge in [0.15, 0.2) is 0 Å². The maximum absolute atomic E-state index is 14.9. The molecule has 48 heavy (non-hydrogen) atoms. The van der Waals surface area contributed by atoms with E-state index in [2.05, 4.69) is 4.85 Å². The van der Waals surface area contributed by atoms with Gasteiger partial charge in [-0.05, 0) is 47.5 Å². The van der Waals surface area contributed by atoms with E-state index in [1.165, 1.54) is 24.3 Å². The molecule has 2 aliphatic rings. The highest BCUT2D eigenvalue weighted by molar-refractivity contribution is 6.27. The van der Waals surface area contributed by atoms with Crippen LogP contribution in [0.4, 0.5) is 5.69 Å². The average Bonchev–Trinajstić information content (AvgIpc) is 3.04. The Morgan fingerprint density at radius 3 is 1.65 bits per heavy atom. The minimum absolute atomic E-state index is 0.00378. The lowest BCUT2D eigenvalue weighted by Crippen LogP contribution is -2.29. The lowest BCUT2D eigenvalue weighted by molar-refractivity contribution is -0.463. The van der Waals surface area contributed by atoms with E-state index in [0.29, 0.717) is 33.3 Å². The first-order chi connectivity index (χ1) is 23.0. The topological polar surface area (TPSA) is 138 Å². The van der Waals surface area contributed by atoms with Gasteiger partial charge in [0.2, 0.25) is 5.71 Å². The Kier molecular flexibility index (Phi) is 6.67. The summed E-state index contributed by atoms with van der Waals surface area (Å²) in [5, 5.41) is 72.4. The summed E-state index contributed by atoms with van der Waals surface area (Å²) in [6.07, 6.45) is 0. The number of aromatic hydroxyl groups is 4. The number of fused-ring (bicyclic) bond motifs is 4. The van der Waals surface area contributed by atoms with E-state index in [0.717, 1.165) is 0 Å². The van der Waals surface area contributed by atoms with E-state index in [4.69, 9.17) is 6.57 Å². The van der Waals surface area contributed by atoms with Crippen LogP contribution in [0, 0.1) is 17.9 Å². The van der Waals surface area contributed by atoms with Crippen molar-refractivity contribution in [2.24, 2.45) is 0 Å². The molecule has 0 atom stereocenters. The molecule has 234 valence electrons. The van der Waals surface area contributed by atoms with Gasteiger partial charge in [-0.25, -0.2) is 14.7 Å². The number of hydrogen-bond acceptors (Lipinski definition) is 7. The van der Waals surface area contributed by atoms with Crippen molar-refractivity contribution < 1.29 is 30.1 Å². The second-order valence-electron chi connectivity index (χ2n) is 12.1. The Hall–Kier alpha value is -6.71. The fourth-order valence-corrected chi connectivity index (χ4v) is 7.27. The number of phenols is 4. The van der Waals surface area contributed by atoms with E-state index in [1.807, 2.05) is 43.7 Å². The molecule has 7 rings (SSSR count). The fraction of sp³-hybridized carbons (Fsp3) is 0.103. The van der Waals surface area contributed by atoms with Gasteiger partial charge in [0.25, 0.3) is 5.70 Å². The summed E-state index contributed by atoms with van der Waals surface area (Å²) in [5.74, 6) is -1.23. The molecule has 0 heterocycles. The maximum atomic E-state index is 14.9. The molecule has 0 unspecified atom stereocenters. The largest absolute Gasteiger partial charge is 0.872 e. The van der Waals surface area contributed by atoms with Crippen LogP contribution in [0.15, 0.2) is 95.4 Å². The molecule has 0 amide bonds. The number of anilines is 1. The van der Waals surface area contributed by atoms with Gasteiger partial charge in [-0.15, -0.1) is 0 Å². The predicted molar refractivity (Wildman–Crippen MR) is 183 cm³/mol. The zero-order chi connectivity index (χ0) is 34.2. The molecule has 0 fully saturated rings. The van der Waals surface area contributed by atoms with Crippen LogP contribution >= 0.6 is 0 Å². The first kappa shape index (κ1) is 30.0. The Labute approximate surface area is 275 Å². The highest BCUT2D eigenvalue weighted by atomic mass is 16.3. The van der Waals surface area contributed by atoms with Crippen molar-refractivity contribution in [1.82, 2.24) is 0 Å². The van der Waals surface area contributed by atoms with E-state index >= 15 is 0 Å². The van der Waals surface area contributed by atoms with Gasteiger partial charge >= 0.3 is 0 Å². The summed E-state index contributed by atoms with van der Waals surface area (Å²) >= 11 is 0. The van der Waals surface area contributed by atoms with Crippen LogP contribution in [-0.2, 0) is 0 Å². The van der Waals surface area contributed by atoms with Gasteiger partial charge in [-0.3, -0.25) is 0 Å². The minimum atomic E-state index is -0.584. The first-order valence-electron chi connectivity index (χ1n) is 15.0. The molecule has 0 aromatic heterocycles. The van der Waals surface area contributed by atoms with E-state index in [9.17, 15) is 30.8 Å². The number of rotatable bonds is 2. The molecule has 0 radical (unpaired) electrons. The third-order valence-electron chi connectivity index (χ3n) is 8.99. The number of allylic oxidation sites excluding steroid dienone is 3. The van der Waals surface area contributed by atoms with Crippen molar-refractivity contribution >= 4 is 44.1 Å². The number of phenolic OH excluding ortho intramolecular Hbond substituents is 4. The van der Waals surface area contributed by atoms with Crippen molar-refractivity contribution in [2.45, 2.75) is 0 Å². The van der Waals surface area contributed by atoms with Crippen molar-refractivity contribution in [3.63, 3.8) is 0 Å². The molecule has 9 nitrogen and oxygen atoms in total. The molecule has 0 saturated heterocycles. The van der Waals surface area contributed by atoms with Crippen LogP contribution in [0.2, 0.25) is 0 Å². The standard InChI is InChI=1S/C39H28N4O5/c1-41-23(18-40)32-35(33-28-19(10-6-14-24(28)44)37(42(2)3)20-11-7-15-25(45)29(20)33)39(48)36(32)34-30-21(12-8-16-26(30)46)38(43(4)5)22-13-9-17-27(47)31(22)34/h6-17H,2-5H3,(H4-,44,45,46,47,48). The van der Waals surface area contributed by atoms with Gasteiger partial charge in [0.1, 0.15) is 37.1 Å². The molecule has 4 N–H and O–H groups in total. The minimum Gasteiger partial charge on any atom is -0.872 e. The summed E-state index contributed by atoms with van der Waals surface area (Å²) in [7, 11) is 7.33. The summed E-state index contributed by atoms with van der Waals surface area (Å²) in [6.45, 7) is 8.00. The van der Waals surface area contributed by atoms with Gasteiger partial charge in [0.05, 0.1) is 29.5 Å². The summed E-state index contributed by atoms with van der Waals surface area (Å²) in [5.41, 5.74) is 2.96. The van der Waals surface area contributed by atoms with Crippen LogP contribution in [-0.4, -0.2) is 58.9 Å². The number of nitrogens with zero attached hydrogens (tertiary/aromatic N) is 4. The van der Waals surface area contributed by atoms with E-state index < -0.39 is 11.5 Å². The SMILES string of the molecule is [C-]#[N+]/C(C#N)=C1\C(=C2c3c(O)cccc3C(=[N+](C)C)c3cccc(O)c32)C([O-])=C1c1c2c(O)cccc2c(N(C)C)c2cccc(O)c12. The Morgan fingerprint density at radius 2 is 1.21 bits per heavy atom. The number of benzene rings is 5. The Bertz CT molecular complexity index is 2380. The van der Waals surface area contributed by atoms with Crippen molar-refractivity contribution in [3.8, 4) is 29.1 Å². The lowest BCUT2D eigenvalue weighted by Gasteiger charge is -2.41. The second kappa shape index (κ2) is 10.7. The number of hydrogen-bond donors (Lipinski definition) is 4. The van der Waals surface area contributed by atoms with Crippen molar-refractivity contribution in [2.75, 3.05) is 33.1 Å². The fourth-order valence-electron chi connectivity index (χ4n) is 7.27. The van der Waals surface area contributed by atoms with Crippen molar-refractivity contribution in [1.29, 1.82) is 5.26 Å². The van der Waals surface area contributed by atoms with Gasteiger partial charge in [-0.2, -0.15) is 0 Å². The van der Waals surface area contributed by atoms with E-state index in [1.54, 1.807) is 48.5 Å². The van der Waals surface area contributed by atoms with Crippen LogP contribution in [0.5, 0.6) is 23.0 Å². The third-order valence-corrected chi connectivity index (χ3v) is 8.99. The smallest absolute Gasteiger partial charge is 0.270 e. The van der Waals surface area contributed by atoms with Crippen LogP contribution in [0.25, 0.3) is 37.5 Å². The van der Waals surface area contributed by atoms with Gasteiger partial charge < -0.3 is 30.4 Å². The van der Waals surface area contributed by atoms with Crippen LogP contribution in [0.3, 0.4) is 0 Å². The molecule has 9 heteroatoms. The Balaban J connectivity index is 1.75. The molecule has 5 aromatic carbocycles. The zero-order valence-corrected chi connectivity index (χ0v) is 26.4. The second-order valence-corrected chi connectivity index (χ2v) is 12.1. The molecular weight excluding hydrogens is 604 g/mol. The summed E-state index contributed by atoms with van der Waals surface area (Å²) < 4.78 is 1.85. The molecule has 5 aromatic rings. The van der Waals surface area contributed by atoms with E-state index in [-0.39, 0.29) is 72.8 Å². The average molecular weight is 633 g/mol. The molecule has 2 aliphatic carbocycles. The summed E-state index contributed by atoms with van der Waals surface area (Å²) in [6, 6.07) is 21.8. The predicted octanol–water partition coefficient (Wildman–Crippen LogP) is 5.59. The third kappa shape index (κ3) is 3.92. The van der Waals surface area contributed by atoms with Crippen molar-refractivity contribution in [3.05, 3.63) is 135 Å². The van der Waals surface area contributed by atoms with Crippen LogP contribution < -0.4 is 10.0 Å². The highest BCUT2D eigenvalue weighted by Crippen LogP contribution is 2.58. The molecule has 0 aliphatic heterocycles. The quantitative estimate of drug-likeness (QED) is 0.0845. The van der Waals surface area contributed by atoms with Crippen LogP contribution in [0.1, 0.15) is 27.8 Å². The maximum Gasteiger partial charge on any atom is 0.270 e. The number of nitriles is 1. The molecule has 0 bridgehead atoms. The zero-order valence-electron chi connectivity index (χ0n) is 26.4. The highest BCUT2D eigenvalue weighted by Gasteiger charge is 2.41. The molecule has 0 saturated carbocycles. The monoisotopic (exact) mass is 632 g/mol. The van der Waals surface area contributed by atoms with Gasteiger partial charge in [-0.1, -0.05) is 42.2 Å². The normalized spacial score (nSPS) is 14.7. The Morgan fingerprint density at radius 1 is 0.729 bits per heavy atom. The van der Waals surface area contributed by atoms with Gasteiger partial charge in [0, 0.05) is 63.5 Å².